The Labute approximate surface area is 138 Å². The molecule has 0 saturated carbocycles. The van der Waals surface area contributed by atoms with Crippen molar-refractivity contribution >= 4 is 17.5 Å². The van der Waals surface area contributed by atoms with Gasteiger partial charge in [0.25, 0.3) is 5.91 Å². The highest BCUT2D eigenvalue weighted by Crippen LogP contribution is 2.30. The number of nitrogens with one attached hydrogen (secondary N) is 1. The van der Waals surface area contributed by atoms with Crippen molar-refractivity contribution in [3.8, 4) is 11.5 Å². The van der Waals surface area contributed by atoms with Crippen LogP contribution in [0.4, 0.5) is 4.39 Å². The highest BCUT2D eigenvalue weighted by Gasteiger charge is 2.13. The molecule has 23 heavy (non-hydrogen) atoms. The predicted molar refractivity (Wildman–Crippen MR) is 84.9 cm³/mol. The van der Waals surface area contributed by atoms with Gasteiger partial charge in [-0.25, -0.2) is 4.39 Å². The number of rotatable bonds is 4. The van der Waals surface area contributed by atoms with Crippen LogP contribution in [0.2, 0.25) is 5.02 Å². The first-order chi connectivity index (χ1) is 11.1. The van der Waals surface area contributed by atoms with Crippen molar-refractivity contribution in [1.82, 2.24) is 5.32 Å². The van der Waals surface area contributed by atoms with Crippen molar-refractivity contribution < 1.29 is 18.7 Å². The molecule has 2 aromatic rings. The summed E-state index contributed by atoms with van der Waals surface area (Å²) in [5.74, 6) is 0.349. The van der Waals surface area contributed by atoms with Gasteiger partial charge in [0, 0.05) is 11.6 Å². The van der Waals surface area contributed by atoms with Gasteiger partial charge in [0.05, 0.1) is 5.56 Å². The average Bonchev–Trinajstić information content (AvgIpc) is 2.54. The molecule has 0 spiro atoms. The second-order valence-electron chi connectivity index (χ2n) is 5.11. The molecular formula is C17H15ClFNO3. The van der Waals surface area contributed by atoms with Gasteiger partial charge in [0.1, 0.15) is 19.0 Å². The molecule has 6 heteroatoms. The Bertz CT molecular complexity index is 736. The van der Waals surface area contributed by atoms with E-state index in [0.717, 1.165) is 17.4 Å². The van der Waals surface area contributed by atoms with Crippen LogP contribution >= 0.6 is 11.6 Å². The van der Waals surface area contributed by atoms with Gasteiger partial charge in [0.15, 0.2) is 11.5 Å². The van der Waals surface area contributed by atoms with E-state index >= 15 is 0 Å². The zero-order valence-electron chi connectivity index (χ0n) is 12.3. The topological polar surface area (TPSA) is 47.6 Å². The van der Waals surface area contributed by atoms with E-state index in [0.29, 0.717) is 31.9 Å². The minimum absolute atomic E-state index is 0.0171. The quantitative estimate of drug-likeness (QED) is 0.933. The van der Waals surface area contributed by atoms with E-state index in [1.165, 1.54) is 12.1 Å². The summed E-state index contributed by atoms with van der Waals surface area (Å²) in [7, 11) is 0. The van der Waals surface area contributed by atoms with Crippen molar-refractivity contribution in [1.29, 1.82) is 0 Å². The summed E-state index contributed by atoms with van der Waals surface area (Å²) in [6.45, 7) is 1.47. The molecular weight excluding hydrogens is 321 g/mol. The molecule has 0 saturated heterocycles. The monoisotopic (exact) mass is 335 g/mol. The van der Waals surface area contributed by atoms with E-state index in [-0.39, 0.29) is 10.6 Å². The van der Waals surface area contributed by atoms with Crippen LogP contribution in [0, 0.1) is 5.82 Å². The normalized spacial score (nSPS) is 12.8. The number of amides is 1. The van der Waals surface area contributed by atoms with Gasteiger partial charge in [-0.3, -0.25) is 4.79 Å². The van der Waals surface area contributed by atoms with E-state index in [4.69, 9.17) is 21.1 Å². The lowest BCUT2D eigenvalue weighted by atomic mass is 10.1. The fraction of sp³-hybridized carbons (Fsp3) is 0.235. The van der Waals surface area contributed by atoms with Crippen LogP contribution in [0.25, 0.3) is 0 Å². The highest BCUT2D eigenvalue weighted by molar-refractivity contribution is 6.30. The SMILES string of the molecule is O=C(NCCc1ccc2c(c1)OCCO2)c1ccc(Cl)cc1F. The Morgan fingerprint density at radius 1 is 1.13 bits per heavy atom. The van der Waals surface area contributed by atoms with Crippen molar-refractivity contribution in [2.75, 3.05) is 19.8 Å². The van der Waals surface area contributed by atoms with Crippen molar-refractivity contribution in [2.45, 2.75) is 6.42 Å². The molecule has 0 aliphatic carbocycles. The van der Waals surface area contributed by atoms with Crippen molar-refractivity contribution in [3.05, 3.63) is 58.4 Å². The Balaban J connectivity index is 1.57. The standard InChI is InChI=1S/C17H15ClFNO3/c18-12-2-3-13(14(19)10-12)17(21)20-6-5-11-1-4-15-16(9-11)23-8-7-22-15/h1-4,9-10H,5-8H2,(H,20,21). The molecule has 3 rings (SSSR count). The lowest BCUT2D eigenvalue weighted by Gasteiger charge is -2.18. The smallest absolute Gasteiger partial charge is 0.254 e. The molecule has 1 N–H and O–H groups in total. The van der Waals surface area contributed by atoms with Crippen LogP contribution < -0.4 is 14.8 Å². The summed E-state index contributed by atoms with van der Waals surface area (Å²) < 4.78 is 24.6. The van der Waals surface area contributed by atoms with Gasteiger partial charge in [-0.15, -0.1) is 0 Å². The number of carbonyl (C=O) groups excluding carboxylic acids is 1. The average molecular weight is 336 g/mol. The molecule has 1 amide bonds. The second kappa shape index (κ2) is 6.87. The van der Waals surface area contributed by atoms with Crippen LogP contribution in [0.1, 0.15) is 15.9 Å². The number of ether oxygens (including phenoxy) is 2. The number of carbonyl (C=O) groups is 1. The molecule has 1 heterocycles. The number of benzene rings is 2. The Morgan fingerprint density at radius 2 is 1.91 bits per heavy atom. The lowest BCUT2D eigenvalue weighted by molar-refractivity contribution is 0.0950. The van der Waals surface area contributed by atoms with Crippen LogP contribution in [-0.2, 0) is 6.42 Å². The molecule has 0 unspecified atom stereocenters. The molecule has 120 valence electrons. The Hall–Kier alpha value is -2.27. The van der Waals surface area contributed by atoms with Crippen LogP contribution in [-0.4, -0.2) is 25.7 Å². The first-order valence-electron chi connectivity index (χ1n) is 7.25. The van der Waals surface area contributed by atoms with Gasteiger partial charge >= 0.3 is 0 Å². The first-order valence-corrected chi connectivity index (χ1v) is 7.63. The van der Waals surface area contributed by atoms with Crippen LogP contribution in [0.15, 0.2) is 36.4 Å². The van der Waals surface area contributed by atoms with E-state index < -0.39 is 11.7 Å². The van der Waals surface area contributed by atoms with Gasteiger partial charge in [-0.2, -0.15) is 0 Å². The molecule has 1 aliphatic heterocycles. The molecule has 0 atom stereocenters. The van der Waals surface area contributed by atoms with Crippen molar-refractivity contribution in [2.24, 2.45) is 0 Å². The maximum atomic E-state index is 13.7. The fourth-order valence-electron chi connectivity index (χ4n) is 2.33. The third-order valence-corrected chi connectivity index (χ3v) is 3.72. The van der Waals surface area contributed by atoms with E-state index in [9.17, 15) is 9.18 Å². The molecule has 0 radical (unpaired) electrons. The Morgan fingerprint density at radius 3 is 2.70 bits per heavy atom. The third kappa shape index (κ3) is 3.74. The zero-order chi connectivity index (χ0) is 16.2. The largest absolute Gasteiger partial charge is 0.486 e. The summed E-state index contributed by atoms with van der Waals surface area (Å²) in [6, 6.07) is 9.64. The minimum atomic E-state index is -0.630. The van der Waals surface area contributed by atoms with Crippen LogP contribution in [0.5, 0.6) is 11.5 Å². The molecule has 1 aliphatic rings. The zero-order valence-corrected chi connectivity index (χ0v) is 13.0. The summed E-state index contributed by atoms with van der Waals surface area (Å²) in [4.78, 5) is 12.0. The van der Waals surface area contributed by atoms with E-state index in [2.05, 4.69) is 5.32 Å². The fourth-order valence-corrected chi connectivity index (χ4v) is 2.49. The minimum Gasteiger partial charge on any atom is -0.486 e. The first kappa shape index (κ1) is 15.6. The molecule has 0 fully saturated rings. The summed E-state index contributed by atoms with van der Waals surface area (Å²) in [6.07, 6.45) is 0.609. The summed E-state index contributed by atoms with van der Waals surface area (Å²) in [5, 5.41) is 2.95. The number of hydrogen-bond donors (Lipinski definition) is 1. The molecule has 4 nitrogen and oxygen atoms in total. The number of halogens is 2. The lowest BCUT2D eigenvalue weighted by Crippen LogP contribution is -2.26. The summed E-state index contributed by atoms with van der Waals surface area (Å²) in [5.41, 5.74) is 0.989. The van der Waals surface area contributed by atoms with Gasteiger partial charge in [0.2, 0.25) is 0 Å². The number of hydrogen-bond acceptors (Lipinski definition) is 3. The maximum Gasteiger partial charge on any atom is 0.254 e. The molecule has 2 aromatic carbocycles. The third-order valence-electron chi connectivity index (χ3n) is 3.48. The van der Waals surface area contributed by atoms with Crippen LogP contribution in [0.3, 0.4) is 0 Å². The van der Waals surface area contributed by atoms with Gasteiger partial charge < -0.3 is 14.8 Å². The maximum absolute atomic E-state index is 13.7. The van der Waals surface area contributed by atoms with Gasteiger partial charge in [-0.05, 0) is 42.3 Å². The number of fused-ring (bicyclic) bond motifs is 1. The molecule has 0 bridgehead atoms. The predicted octanol–water partition coefficient (Wildman–Crippen LogP) is 3.22. The molecule has 0 aromatic heterocycles. The second-order valence-corrected chi connectivity index (χ2v) is 5.54. The van der Waals surface area contributed by atoms with Crippen molar-refractivity contribution in [3.63, 3.8) is 0 Å². The van der Waals surface area contributed by atoms with E-state index in [1.54, 1.807) is 0 Å². The van der Waals surface area contributed by atoms with E-state index in [1.807, 2.05) is 18.2 Å². The highest BCUT2D eigenvalue weighted by atomic mass is 35.5. The summed E-state index contributed by atoms with van der Waals surface area (Å²) >= 11 is 5.67. The van der Waals surface area contributed by atoms with Gasteiger partial charge in [-0.1, -0.05) is 17.7 Å². The Kier molecular flexibility index (Phi) is 4.67.